The monoisotopic (exact) mass is 795 g/mol. The van der Waals surface area contributed by atoms with E-state index in [-0.39, 0.29) is 0 Å². The molecule has 0 spiro atoms. The smallest absolute Gasteiger partial charge is 0.164 e. The van der Waals surface area contributed by atoms with Gasteiger partial charge in [0, 0.05) is 36.9 Å². The third kappa shape index (κ3) is 7.09. The van der Waals surface area contributed by atoms with Crippen molar-refractivity contribution in [2.45, 2.75) is 0 Å². The maximum atomic E-state index is 5.43. The molecule has 0 radical (unpaired) electrons. The van der Waals surface area contributed by atoms with Gasteiger partial charge in [0.2, 0.25) is 0 Å². The van der Waals surface area contributed by atoms with Crippen LogP contribution in [0.3, 0.4) is 0 Å². The van der Waals surface area contributed by atoms with Gasteiger partial charge in [0.1, 0.15) is 0 Å². The van der Waals surface area contributed by atoms with Crippen LogP contribution in [0.5, 0.6) is 0 Å². The van der Waals surface area contributed by atoms with E-state index in [0.717, 1.165) is 66.6 Å². The Kier molecular flexibility index (Phi) is 9.38. The van der Waals surface area contributed by atoms with Crippen LogP contribution < -0.4 is 0 Å². The number of hydrogen-bond donors (Lipinski definition) is 0. The van der Waals surface area contributed by atoms with Crippen molar-refractivity contribution in [1.82, 2.24) is 15.0 Å². The Balaban J connectivity index is 1.19. The Morgan fingerprint density at radius 3 is 1.07 bits per heavy atom. The summed E-state index contributed by atoms with van der Waals surface area (Å²) in [5.74, 6) is 1.86. The maximum Gasteiger partial charge on any atom is 0.164 e. The summed E-state index contributed by atoms with van der Waals surface area (Å²) >= 11 is 1.82. The second kappa shape index (κ2) is 15.8. The topological polar surface area (TPSA) is 38.7 Å². The lowest BCUT2D eigenvalue weighted by Gasteiger charge is -2.14. The molecular weight excluding hydrogens is 759 g/mol. The van der Waals surface area contributed by atoms with Crippen LogP contribution in [0.4, 0.5) is 0 Å². The molecule has 4 heteroatoms. The van der Waals surface area contributed by atoms with Gasteiger partial charge < -0.3 is 0 Å². The van der Waals surface area contributed by atoms with E-state index in [2.05, 4.69) is 224 Å². The Labute approximate surface area is 359 Å². The number of hydrogen-bond acceptors (Lipinski definition) is 4. The van der Waals surface area contributed by atoms with E-state index in [4.69, 9.17) is 15.0 Å². The molecular formula is C57H37N3S. The second-order valence-corrected chi connectivity index (χ2v) is 16.2. The molecule has 0 fully saturated rings. The molecule has 0 aliphatic heterocycles. The van der Waals surface area contributed by atoms with Crippen molar-refractivity contribution in [2.24, 2.45) is 0 Å². The lowest BCUT2D eigenvalue weighted by atomic mass is 9.95. The van der Waals surface area contributed by atoms with Gasteiger partial charge in [0.15, 0.2) is 17.5 Å². The summed E-state index contributed by atoms with van der Waals surface area (Å²) in [6.07, 6.45) is 0. The van der Waals surface area contributed by atoms with E-state index in [1.807, 2.05) is 11.3 Å². The summed E-state index contributed by atoms with van der Waals surface area (Å²) in [6.45, 7) is 0. The second-order valence-electron chi connectivity index (χ2n) is 15.2. The molecule has 0 saturated carbocycles. The summed E-state index contributed by atoms with van der Waals surface area (Å²) in [4.78, 5) is 16.3. The highest BCUT2D eigenvalue weighted by atomic mass is 32.1. The number of thiophene rings is 1. The molecule has 2 aromatic heterocycles. The molecule has 0 aliphatic rings. The Bertz CT molecular complexity index is 3070. The molecule has 0 bridgehead atoms. The molecule has 0 atom stereocenters. The highest BCUT2D eigenvalue weighted by Crippen LogP contribution is 2.44. The van der Waals surface area contributed by atoms with E-state index < -0.39 is 0 Å². The average Bonchev–Trinajstić information content (AvgIpc) is 3.74. The van der Waals surface area contributed by atoms with Gasteiger partial charge in [-0.1, -0.05) is 182 Å². The lowest BCUT2D eigenvalue weighted by molar-refractivity contribution is 1.08. The Morgan fingerprint density at radius 2 is 0.623 bits per heavy atom. The van der Waals surface area contributed by atoms with E-state index in [1.54, 1.807) is 0 Å². The fourth-order valence-electron chi connectivity index (χ4n) is 8.34. The lowest BCUT2D eigenvalue weighted by Crippen LogP contribution is -2.01. The fourth-order valence-corrected chi connectivity index (χ4v) is 9.60. The maximum absolute atomic E-state index is 5.43. The van der Waals surface area contributed by atoms with Crippen molar-refractivity contribution >= 4 is 31.5 Å². The fraction of sp³-hybridized carbons (Fsp3) is 0. The van der Waals surface area contributed by atoms with Crippen molar-refractivity contribution in [2.75, 3.05) is 0 Å². The summed E-state index contributed by atoms with van der Waals surface area (Å²) in [6, 6.07) is 79.3. The largest absolute Gasteiger partial charge is 0.208 e. The first kappa shape index (κ1) is 36.3. The first-order chi connectivity index (χ1) is 30.2. The minimum atomic E-state index is 0.614. The average molecular weight is 796 g/mol. The molecule has 0 unspecified atom stereocenters. The number of aromatic nitrogens is 3. The molecule has 0 N–H and O–H groups in total. The highest BCUT2D eigenvalue weighted by Gasteiger charge is 2.20. The van der Waals surface area contributed by atoms with Gasteiger partial charge in [0.05, 0.1) is 0 Å². The third-order valence-corrected chi connectivity index (χ3v) is 12.5. The summed E-state index contributed by atoms with van der Waals surface area (Å²) < 4.78 is 2.44. The van der Waals surface area contributed by atoms with Crippen LogP contribution in [0.1, 0.15) is 0 Å². The molecule has 286 valence electrons. The van der Waals surface area contributed by atoms with Gasteiger partial charge in [0.25, 0.3) is 0 Å². The number of benzene rings is 9. The van der Waals surface area contributed by atoms with Gasteiger partial charge in [-0.2, -0.15) is 0 Å². The number of nitrogens with zero attached hydrogens (tertiary/aromatic N) is 3. The van der Waals surface area contributed by atoms with Gasteiger partial charge in [-0.15, -0.1) is 11.3 Å². The van der Waals surface area contributed by atoms with Gasteiger partial charge >= 0.3 is 0 Å². The SMILES string of the molecule is c1ccc(-c2cc(-c3ccccc3)cc(-c3nc(-c4cc(-c5ccccc5)cc(-c5ccccc5)c4)nc(-c4cccc5sc6c(-c7ccccc7)cccc6c45)n3)c2)cc1. The molecule has 9 aromatic carbocycles. The van der Waals surface area contributed by atoms with E-state index in [9.17, 15) is 0 Å². The molecule has 61 heavy (non-hydrogen) atoms. The van der Waals surface area contributed by atoms with E-state index >= 15 is 0 Å². The molecule has 11 rings (SSSR count). The molecule has 11 aromatic rings. The van der Waals surface area contributed by atoms with Crippen LogP contribution in [0.25, 0.3) is 110 Å². The van der Waals surface area contributed by atoms with Crippen molar-refractivity contribution in [3.8, 4) is 89.8 Å². The van der Waals surface area contributed by atoms with E-state index in [1.165, 1.54) is 25.9 Å². The highest BCUT2D eigenvalue weighted by molar-refractivity contribution is 7.26. The summed E-state index contributed by atoms with van der Waals surface area (Å²) in [5.41, 5.74) is 14.1. The number of fused-ring (bicyclic) bond motifs is 3. The number of rotatable bonds is 8. The minimum absolute atomic E-state index is 0.614. The zero-order valence-electron chi connectivity index (χ0n) is 33.1. The normalized spacial score (nSPS) is 11.3. The summed E-state index contributed by atoms with van der Waals surface area (Å²) in [7, 11) is 0. The predicted molar refractivity (Wildman–Crippen MR) is 256 cm³/mol. The third-order valence-electron chi connectivity index (χ3n) is 11.3. The van der Waals surface area contributed by atoms with Gasteiger partial charge in [-0.3, -0.25) is 0 Å². The first-order valence-electron chi connectivity index (χ1n) is 20.5. The van der Waals surface area contributed by atoms with Crippen LogP contribution in [0, 0.1) is 0 Å². The van der Waals surface area contributed by atoms with Crippen molar-refractivity contribution < 1.29 is 0 Å². The van der Waals surface area contributed by atoms with Crippen LogP contribution in [-0.2, 0) is 0 Å². The van der Waals surface area contributed by atoms with Crippen molar-refractivity contribution in [3.63, 3.8) is 0 Å². The molecule has 2 heterocycles. The van der Waals surface area contributed by atoms with Crippen molar-refractivity contribution in [1.29, 1.82) is 0 Å². The van der Waals surface area contributed by atoms with E-state index in [0.29, 0.717) is 17.5 Å². The van der Waals surface area contributed by atoms with Crippen LogP contribution in [0.2, 0.25) is 0 Å². The summed E-state index contributed by atoms with van der Waals surface area (Å²) in [5, 5.41) is 2.34. The predicted octanol–water partition coefficient (Wildman–Crippen LogP) is 15.6. The van der Waals surface area contributed by atoms with Crippen molar-refractivity contribution in [3.05, 3.63) is 224 Å². The molecule has 0 amide bonds. The Hall–Kier alpha value is -7.79. The molecule has 0 saturated heterocycles. The molecule has 3 nitrogen and oxygen atoms in total. The zero-order chi connectivity index (χ0) is 40.5. The first-order valence-corrected chi connectivity index (χ1v) is 21.3. The van der Waals surface area contributed by atoms with Gasteiger partial charge in [-0.25, -0.2) is 15.0 Å². The van der Waals surface area contributed by atoms with Gasteiger partial charge in [-0.05, 0) is 98.1 Å². The standard InChI is InChI=1S/C57H37N3S/c1-6-18-38(19-7-1)43-32-44(39-20-8-2-9-21-39)35-47(34-43)55-58-56(48-36-45(40-22-10-3-11-23-40)33-46(37-48)41-24-12-4-13-25-41)60-57(59-55)51-30-17-31-52-53(51)50-29-16-28-49(54(50)61-52)42-26-14-5-15-27-42/h1-37H. The van der Waals surface area contributed by atoms with Crippen LogP contribution in [0.15, 0.2) is 224 Å². The quantitative estimate of drug-likeness (QED) is 0.154. The zero-order valence-corrected chi connectivity index (χ0v) is 33.9. The minimum Gasteiger partial charge on any atom is -0.208 e. The Morgan fingerprint density at radius 1 is 0.262 bits per heavy atom. The van der Waals surface area contributed by atoms with Crippen LogP contribution in [-0.4, -0.2) is 15.0 Å². The van der Waals surface area contributed by atoms with Crippen LogP contribution >= 0.6 is 11.3 Å². The molecule has 0 aliphatic carbocycles.